The van der Waals surface area contributed by atoms with E-state index in [1.165, 1.54) is 43.5 Å². The van der Waals surface area contributed by atoms with Crippen molar-refractivity contribution in [2.24, 2.45) is 0 Å². The number of methoxy groups -OCH3 is 1. The summed E-state index contributed by atoms with van der Waals surface area (Å²) in [6, 6.07) is 9.90. The first-order chi connectivity index (χ1) is 12.8. The van der Waals surface area contributed by atoms with Crippen LogP contribution in [0.4, 0.5) is 13.2 Å². The first-order valence-corrected chi connectivity index (χ1v) is 7.68. The van der Waals surface area contributed by atoms with Crippen LogP contribution in [-0.4, -0.2) is 32.3 Å². The molecular formula is C18H16F3NO5. The second-order valence-corrected chi connectivity index (χ2v) is 5.25. The Hall–Kier alpha value is -3.23. The standard InChI is InChI=1S/C18H16F3NO5/c1-25-16-8-12(10-23)6-7-15(16)26-11-17(24)22-9-13-4-2-3-5-14(13)27-18(19,20)21/h2-8,10H,9,11H2,1H3,(H,22,24). The number of carbonyl (C=O) groups is 2. The number of aldehydes is 1. The third-order valence-electron chi connectivity index (χ3n) is 3.36. The number of nitrogens with one attached hydrogen (secondary N) is 1. The summed E-state index contributed by atoms with van der Waals surface area (Å²) < 4.78 is 51.5. The van der Waals surface area contributed by atoms with Gasteiger partial charge in [0.1, 0.15) is 12.0 Å². The summed E-state index contributed by atoms with van der Waals surface area (Å²) in [5.41, 5.74) is 0.543. The largest absolute Gasteiger partial charge is 0.573 e. The quantitative estimate of drug-likeness (QED) is 0.709. The molecule has 0 heterocycles. The third-order valence-corrected chi connectivity index (χ3v) is 3.36. The minimum Gasteiger partial charge on any atom is -0.493 e. The van der Waals surface area contributed by atoms with Gasteiger partial charge < -0.3 is 19.5 Å². The summed E-state index contributed by atoms with van der Waals surface area (Å²) in [5, 5.41) is 2.45. The minimum absolute atomic E-state index is 0.163. The van der Waals surface area contributed by atoms with Crippen LogP contribution in [-0.2, 0) is 11.3 Å². The molecule has 0 aliphatic carbocycles. The number of carbonyl (C=O) groups excluding carboxylic acids is 2. The van der Waals surface area contributed by atoms with E-state index in [4.69, 9.17) is 9.47 Å². The lowest BCUT2D eigenvalue weighted by Crippen LogP contribution is -2.29. The van der Waals surface area contributed by atoms with Gasteiger partial charge in [-0.2, -0.15) is 0 Å². The average molecular weight is 383 g/mol. The Morgan fingerprint density at radius 2 is 1.85 bits per heavy atom. The molecule has 0 radical (unpaired) electrons. The zero-order chi connectivity index (χ0) is 19.9. The number of hydrogen-bond donors (Lipinski definition) is 1. The van der Waals surface area contributed by atoms with Gasteiger partial charge in [0, 0.05) is 17.7 Å². The molecule has 0 fully saturated rings. The molecule has 6 nitrogen and oxygen atoms in total. The lowest BCUT2D eigenvalue weighted by molar-refractivity contribution is -0.274. The van der Waals surface area contributed by atoms with E-state index >= 15 is 0 Å². The van der Waals surface area contributed by atoms with Crippen LogP contribution < -0.4 is 19.5 Å². The van der Waals surface area contributed by atoms with Crippen LogP contribution in [0.3, 0.4) is 0 Å². The van der Waals surface area contributed by atoms with Crippen LogP contribution in [0.1, 0.15) is 15.9 Å². The smallest absolute Gasteiger partial charge is 0.493 e. The van der Waals surface area contributed by atoms with Crippen molar-refractivity contribution in [3.05, 3.63) is 53.6 Å². The molecule has 27 heavy (non-hydrogen) atoms. The van der Waals surface area contributed by atoms with Crippen LogP contribution in [0.15, 0.2) is 42.5 Å². The zero-order valence-corrected chi connectivity index (χ0v) is 14.2. The SMILES string of the molecule is COc1cc(C=O)ccc1OCC(=O)NCc1ccccc1OC(F)(F)F. The number of alkyl halides is 3. The molecular weight excluding hydrogens is 367 g/mol. The van der Waals surface area contributed by atoms with Crippen LogP contribution in [0.5, 0.6) is 17.2 Å². The minimum atomic E-state index is -4.83. The molecule has 0 aliphatic heterocycles. The van der Waals surface area contributed by atoms with Crippen LogP contribution in [0, 0.1) is 0 Å². The number of benzene rings is 2. The van der Waals surface area contributed by atoms with Crippen LogP contribution in [0.2, 0.25) is 0 Å². The third kappa shape index (κ3) is 6.21. The number of halogens is 3. The molecule has 2 aromatic carbocycles. The lowest BCUT2D eigenvalue weighted by atomic mass is 10.2. The molecule has 0 unspecified atom stereocenters. The number of para-hydroxylation sites is 1. The summed E-state index contributed by atoms with van der Waals surface area (Å²) in [5.74, 6) is -0.425. The highest BCUT2D eigenvalue weighted by Gasteiger charge is 2.31. The Morgan fingerprint density at radius 1 is 1.11 bits per heavy atom. The molecule has 2 rings (SSSR count). The van der Waals surface area contributed by atoms with Gasteiger partial charge in [-0.05, 0) is 24.3 Å². The van der Waals surface area contributed by atoms with Crippen molar-refractivity contribution in [3.63, 3.8) is 0 Å². The molecule has 0 saturated carbocycles. The fourth-order valence-electron chi connectivity index (χ4n) is 2.14. The van der Waals surface area contributed by atoms with Crippen molar-refractivity contribution in [3.8, 4) is 17.2 Å². The first-order valence-electron chi connectivity index (χ1n) is 7.68. The maximum atomic E-state index is 12.4. The maximum Gasteiger partial charge on any atom is 0.573 e. The Kier molecular flexibility index (Phi) is 6.64. The van der Waals surface area contributed by atoms with Crippen molar-refractivity contribution < 1.29 is 37.0 Å². The fraction of sp³-hybridized carbons (Fsp3) is 0.222. The van der Waals surface area contributed by atoms with Gasteiger partial charge in [0.15, 0.2) is 18.1 Å². The zero-order valence-electron chi connectivity index (χ0n) is 14.2. The summed E-state index contributed by atoms with van der Waals surface area (Å²) in [6.45, 7) is -0.561. The second kappa shape index (κ2) is 8.93. The second-order valence-electron chi connectivity index (χ2n) is 5.25. The molecule has 2 aromatic rings. The highest BCUT2D eigenvalue weighted by Crippen LogP contribution is 2.28. The molecule has 0 saturated heterocycles. The van der Waals surface area contributed by atoms with Crippen molar-refractivity contribution >= 4 is 12.2 Å². The van der Waals surface area contributed by atoms with Gasteiger partial charge in [-0.25, -0.2) is 0 Å². The molecule has 0 bridgehead atoms. The van der Waals surface area contributed by atoms with Crippen molar-refractivity contribution in [2.45, 2.75) is 12.9 Å². The predicted molar refractivity (Wildman–Crippen MR) is 88.8 cm³/mol. The van der Waals surface area contributed by atoms with Gasteiger partial charge in [0.2, 0.25) is 0 Å². The molecule has 1 amide bonds. The Bertz CT molecular complexity index is 808. The van der Waals surface area contributed by atoms with Gasteiger partial charge in [0.05, 0.1) is 7.11 Å². The van der Waals surface area contributed by atoms with Crippen LogP contribution in [0.25, 0.3) is 0 Å². The number of amides is 1. The molecule has 9 heteroatoms. The van der Waals surface area contributed by atoms with Crippen molar-refractivity contribution in [1.82, 2.24) is 5.32 Å². The number of rotatable bonds is 8. The predicted octanol–water partition coefficient (Wildman–Crippen LogP) is 3.10. The van der Waals surface area contributed by atoms with E-state index in [9.17, 15) is 22.8 Å². The van der Waals surface area contributed by atoms with E-state index in [-0.39, 0.29) is 30.2 Å². The van der Waals surface area contributed by atoms with E-state index in [2.05, 4.69) is 10.1 Å². The molecule has 0 spiro atoms. The van der Waals surface area contributed by atoms with E-state index in [0.29, 0.717) is 11.8 Å². The molecule has 0 aliphatic rings. The lowest BCUT2D eigenvalue weighted by Gasteiger charge is -2.14. The molecule has 0 aromatic heterocycles. The normalized spacial score (nSPS) is 10.8. The molecule has 0 atom stereocenters. The first kappa shape index (κ1) is 20.1. The fourth-order valence-corrected chi connectivity index (χ4v) is 2.14. The van der Waals surface area contributed by atoms with E-state index in [1.807, 2.05) is 0 Å². The summed E-state index contributed by atoms with van der Waals surface area (Å²) in [7, 11) is 1.38. The van der Waals surface area contributed by atoms with Crippen LogP contribution >= 0.6 is 0 Å². The monoisotopic (exact) mass is 383 g/mol. The Labute approximate surface area is 152 Å². The summed E-state index contributed by atoms with van der Waals surface area (Å²) >= 11 is 0. The van der Waals surface area contributed by atoms with E-state index in [1.54, 1.807) is 0 Å². The van der Waals surface area contributed by atoms with Gasteiger partial charge in [-0.15, -0.1) is 13.2 Å². The maximum absolute atomic E-state index is 12.4. The average Bonchev–Trinajstić information content (AvgIpc) is 2.64. The topological polar surface area (TPSA) is 73.9 Å². The van der Waals surface area contributed by atoms with E-state index < -0.39 is 18.0 Å². The van der Waals surface area contributed by atoms with Gasteiger partial charge in [0.25, 0.3) is 5.91 Å². The summed E-state index contributed by atoms with van der Waals surface area (Å²) in [4.78, 5) is 22.7. The van der Waals surface area contributed by atoms with Crippen molar-refractivity contribution in [1.29, 1.82) is 0 Å². The van der Waals surface area contributed by atoms with Gasteiger partial charge in [-0.1, -0.05) is 18.2 Å². The van der Waals surface area contributed by atoms with Gasteiger partial charge >= 0.3 is 6.36 Å². The number of hydrogen-bond acceptors (Lipinski definition) is 5. The summed E-state index contributed by atoms with van der Waals surface area (Å²) in [6.07, 6.45) is -4.19. The number of ether oxygens (including phenoxy) is 3. The van der Waals surface area contributed by atoms with Gasteiger partial charge in [-0.3, -0.25) is 9.59 Å². The van der Waals surface area contributed by atoms with E-state index in [0.717, 1.165) is 6.07 Å². The van der Waals surface area contributed by atoms with Crippen molar-refractivity contribution in [2.75, 3.05) is 13.7 Å². The molecule has 144 valence electrons. The highest BCUT2D eigenvalue weighted by molar-refractivity contribution is 5.78. The Morgan fingerprint density at radius 3 is 2.52 bits per heavy atom. The Balaban J connectivity index is 1.93. The highest BCUT2D eigenvalue weighted by atomic mass is 19.4. The molecule has 1 N–H and O–H groups in total.